The predicted molar refractivity (Wildman–Crippen MR) is 172 cm³/mol. The Morgan fingerprint density at radius 1 is 1.00 bits per heavy atom. The van der Waals surface area contributed by atoms with Gasteiger partial charge in [0.05, 0.1) is 38.7 Å². The van der Waals surface area contributed by atoms with Gasteiger partial charge in [-0.25, -0.2) is 18.5 Å². The minimum absolute atomic E-state index is 0.125. The number of benzene rings is 3. The number of carbonyl (C=O) groups is 3. The number of hydrogen-bond donors (Lipinski definition) is 2. The molecule has 1 saturated heterocycles. The van der Waals surface area contributed by atoms with Crippen molar-refractivity contribution >= 4 is 85.4 Å². The average molecular weight is 706 g/mol. The molecule has 0 radical (unpaired) electrons. The number of aromatic nitrogens is 1. The number of rotatable bonds is 7. The van der Waals surface area contributed by atoms with Crippen molar-refractivity contribution in [3.8, 4) is 5.75 Å². The van der Waals surface area contributed by atoms with Crippen LogP contribution < -0.4 is 25.0 Å². The van der Waals surface area contributed by atoms with Crippen LogP contribution in [0.25, 0.3) is 0 Å². The zero-order valence-corrected chi connectivity index (χ0v) is 27.1. The van der Waals surface area contributed by atoms with Crippen molar-refractivity contribution in [3.05, 3.63) is 96.9 Å². The van der Waals surface area contributed by atoms with E-state index in [0.29, 0.717) is 26.9 Å². The maximum absolute atomic E-state index is 14.0. The van der Waals surface area contributed by atoms with Crippen LogP contribution in [0.15, 0.2) is 81.4 Å². The fourth-order valence-electron chi connectivity index (χ4n) is 5.41. The number of methoxy groups -OCH3 is 1. The summed E-state index contributed by atoms with van der Waals surface area (Å²) < 4.78 is 29.6. The lowest BCUT2D eigenvalue weighted by atomic mass is 9.83. The van der Waals surface area contributed by atoms with Gasteiger partial charge in [0.2, 0.25) is 27.7 Å². The molecule has 3 aromatic carbocycles. The first-order chi connectivity index (χ1) is 21.4. The van der Waals surface area contributed by atoms with E-state index < -0.39 is 56.2 Å². The number of primary sulfonamides is 1. The number of imide groups is 1. The Bertz CT molecular complexity index is 2030. The topological polar surface area (TPSA) is 158 Å². The quantitative estimate of drug-likeness (QED) is 0.270. The van der Waals surface area contributed by atoms with Gasteiger partial charge in [0.1, 0.15) is 17.5 Å². The van der Waals surface area contributed by atoms with Crippen LogP contribution in [-0.4, -0.2) is 43.1 Å². The average Bonchev–Trinajstić information content (AvgIpc) is 3.44. The zero-order chi connectivity index (χ0) is 32.2. The molecule has 3 amide bonds. The SMILES string of the molecule is COc1ccc(N2C(=O)[C@H]3[C@H](c4cccc(Cl)c4Cl)c4sc(=O)n(CC(=O)Nc5ccc(S(N)(=O)=O)cc5)c4S[C@H]3C2=O)cc1. The first kappa shape index (κ1) is 31.3. The molecule has 16 heteroatoms. The van der Waals surface area contributed by atoms with E-state index in [2.05, 4.69) is 5.32 Å². The molecule has 6 rings (SSSR count). The van der Waals surface area contributed by atoms with Crippen LogP contribution in [-0.2, 0) is 31.0 Å². The van der Waals surface area contributed by atoms with Gasteiger partial charge in [0.25, 0.3) is 0 Å². The minimum atomic E-state index is -3.92. The maximum Gasteiger partial charge on any atom is 0.308 e. The first-order valence-corrected chi connectivity index (χ1v) is 17.2. The van der Waals surface area contributed by atoms with Crippen molar-refractivity contribution in [1.29, 1.82) is 0 Å². The van der Waals surface area contributed by atoms with E-state index in [4.69, 9.17) is 33.1 Å². The number of halogens is 2. The van der Waals surface area contributed by atoms with Crippen molar-refractivity contribution in [2.24, 2.45) is 11.1 Å². The largest absolute Gasteiger partial charge is 0.497 e. The second kappa shape index (κ2) is 11.9. The predicted octanol–water partition coefficient (Wildman–Crippen LogP) is 4.31. The first-order valence-electron chi connectivity index (χ1n) is 13.2. The molecule has 45 heavy (non-hydrogen) atoms. The molecule has 2 aliphatic rings. The standard InChI is InChI=1S/C29H22Cl2N4O7S3/c1-42-16-9-7-15(8-10-16)35-26(37)22-21(18-3-2-4-19(30)23(18)31)25-28(43-24(22)27(35)38)34(29(39)44-25)13-20(36)33-14-5-11-17(12-6-14)45(32,40)41/h2-12,21-22,24H,13H2,1H3,(H,33,36)(H2,32,40,41)/t21-,22-,24+/m0/s1. The maximum atomic E-state index is 14.0. The molecule has 3 heterocycles. The van der Waals surface area contributed by atoms with Gasteiger partial charge in [-0.2, -0.15) is 0 Å². The lowest BCUT2D eigenvalue weighted by Gasteiger charge is -2.31. The molecule has 0 saturated carbocycles. The molecule has 0 unspecified atom stereocenters. The van der Waals surface area contributed by atoms with Gasteiger partial charge in [-0.15, -0.1) is 0 Å². The molecule has 2 aliphatic heterocycles. The molecule has 1 aromatic heterocycles. The number of amides is 3. The number of nitrogens with one attached hydrogen (secondary N) is 1. The van der Waals surface area contributed by atoms with E-state index >= 15 is 0 Å². The summed E-state index contributed by atoms with van der Waals surface area (Å²) in [5, 5.41) is 7.64. The molecule has 0 spiro atoms. The normalized spacial score (nSPS) is 19.3. The Morgan fingerprint density at radius 2 is 1.69 bits per heavy atom. The summed E-state index contributed by atoms with van der Waals surface area (Å²) in [4.78, 5) is 55.4. The molecule has 3 N–H and O–H groups in total. The van der Waals surface area contributed by atoms with E-state index in [1.54, 1.807) is 42.5 Å². The molecule has 11 nitrogen and oxygen atoms in total. The molecule has 0 bridgehead atoms. The molecular formula is C29H22Cl2N4O7S3. The van der Waals surface area contributed by atoms with Crippen molar-refractivity contribution in [1.82, 2.24) is 4.57 Å². The van der Waals surface area contributed by atoms with Crippen LogP contribution in [0.1, 0.15) is 16.4 Å². The monoisotopic (exact) mass is 704 g/mol. The van der Waals surface area contributed by atoms with E-state index in [-0.39, 0.29) is 20.6 Å². The smallest absolute Gasteiger partial charge is 0.308 e. The third kappa shape index (κ3) is 5.66. The number of carbonyl (C=O) groups excluding carboxylic acids is 3. The van der Waals surface area contributed by atoms with Crippen LogP contribution in [0.4, 0.5) is 11.4 Å². The second-order valence-electron chi connectivity index (χ2n) is 10.1. The van der Waals surface area contributed by atoms with Crippen molar-refractivity contribution < 1.29 is 27.5 Å². The summed E-state index contributed by atoms with van der Waals surface area (Å²) in [5.74, 6) is -2.66. The summed E-state index contributed by atoms with van der Waals surface area (Å²) in [7, 11) is -2.41. The molecule has 1 fully saturated rings. The fraction of sp³-hybridized carbons (Fsp3) is 0.172. The highest BCUT2D eigenvalue weighted by Gasteiger charge is 2.57. The zero-order valence-electron chi connectivity index (χ0n) is 23.1. The highest BCUT2D eigenvalue weighted by Crippen LogP contribution is 2.55. The number of ether oxygens (including phenoxy) is 1. The van der Waals surface area contributed by atoms with Gasteiger partial charge < -0.3 is 10.1 Å². The van der Waals surface area contributed by atoms with Gasteiger partial charge in [-0.3, -0.25) is 23.7 Å². The number of thioether (sulfide) groups is 1. The van der Waals surface area contributed by atoms with Crippen molar-refractivity contribution in [2.75, 3.05) is 17.3 Å². The highest BCUT2D eigenvalue weighted by atomic mass is 35.5. The molecule has 3 atom stereocenters. The molecule has 0 aliphatic carbocycles. The summed E-state index contributed by atoms with van der Waals surface area (Å²) in [6.07, 6.45) is 0. The van der Waals surface area contributed by atoms with Crippen LogP contribution in [0, 0.1) is 5.92 Å². The summed E-state index contributed by atoms with van der Waals surface area (Å²) in [5.41, 5.74) is 1.13. The van der Waals surface area contributed by atoms with Crippen LogP contribution >= 0.6 is 46.3 Å². The second-order valence-corrected chi connectivity index (χ2v) is 14.6. The Hall–Kier alpha value is -3.66. The van der Waals surface area contributed by atoms with Gasteiger partial charge >= 0.3 is 4.87 Å². The van der Waals surface area contributed by atoms with Gasteiger partial charge in [0, 0.05) is 16.5 Å². The minimum Gasteiger partial charge on any atom is -0.497 e. The van der Waals surface area contributed by atoms with Gasteiger partial charge in [-0.1, -0.05) is 58.4 Å². The lowest BCUT2D eigenvalue weighted by Crippen LogP contribution is -2.33. The van der Waals surface area contributed by atoms with Crippen LogP contribution in [0.5, 0.6) is 5.75 Å². The number of nitrogens with zero attached hydrogens (tertiary/aromatic N) is 2. The molecular weight excluding hydrogens is 683 g/mol. The fourth-order valence-corrected chi connectivity index (χ4v) is 9.11. The summed E-state index contributed by atoms with van der Waals surface area (Å²) >= 11 is 15.0. The van der Waals surface area contributed by atoms with Crippen molar-refractivity contribution in [3.63, 3.8) is 0 Å². The number of fused-ring (bicyclic) bond motifs is 2. The number of nitrogens with two attached hydrogens (primary N) is 1. The van der Waals surface area contributed by atoms with Gasteiger partial charge in [-0.05, 0) is 60.2 Å². The summed E-state index contributed by atoms with van der Waals surface area (Å²) in [6, 6.07) is 16.7. The Morgan fingerprint density at radius 3 is 2.33 bits per heavy atom. The Kier molecular flexibility index (Phi) is 8.31. The van der Waals surface area contributed by atoms with E-state index in [0.717, 1.165) is 28.0 Å². The van der Waals surface area contributed by atoms with E-state index in [9.17, 15) is 27.6 Å². The van der Waals surface area contributed by atoms with E-state index in [1.807, 2.05) is 0 Å². The number of sulfonamides is 1. The molecule has 4 aromatic rings. The van der Waals surface area contributed by atoms with Crippen LogP contribution in [0.2, 0.25) is 10.0 Å². The third-order valence-corrected chi connectivity index (χ3v) is 11.8. The number of hydrogen-bond acceptors (Lipinski definition) is 9. The Labute approximate surface area is 274 Å². The third-order valence-electron chi connectivity index (χ3n) is 7.46. The van der Waals surface area contributed by atoms with Gasteiger partial charge in [0.15, 0.2) is 0 Å². The number of anilines is 2. The van der Waals surface area contributed by atoms with E-state index in [1.165, 1.54) is 35.9 Å². The molecule has 232 valence electrons. The van der Waals surface area contributed by atoms with Crippen molar-refractivity contribution in [2.45, 2.75) is 27.6 Å². The summed E-state index contributed by atoms with van der Waals surface area (Å²) in [6.45, 7) is -0.410. The highest BCUT2D eigenvalue weighted by molar-refractivity contribution is 8.00. The van der Waals surface area contributed by atoms with Crippen LogP contribution in [0.3, 0.4) is 0 Å². The lowest BCUT2D eigenvalue weighted by molar-refractivity contribution is -0.122. The number of thiazole rings is 1. The Balaban J connectivity index is 1.38.